The minimum atomic E-state index is 0.482. The smallest absolute Gasteiger partial charge is 0.0116 e. The van der Waals surface area contributed by atoms with Crippen LogP contribution in [0.4, 0.5) is 0 Å². The average molecular weight is 250 g/mol. The lowest BCUT2D eigenvalue weighted by molar-refractivity contribution is -0.0245. The minimum absolute atomic E-state index is 0.482. The van der Waals surface area contributed by atoms with Crippen molar-refractivity contribution < 1.29 is 0 Å². The third kappa shape index (κ3) is 2.46. The molecule has 0 aromatic carbocycles. The Morgan fingerprint density at radius 2 is 1.50 bits per heavy atom. The van der Waals surface area contributed by atoms with E-state index in [9.17, 15) is 0 Å². The van der Waals surface area contributed by atoms with E-state index in [1.54, 1.807) is 0 Å². The maximum atomic E-state index is 6.24. The van der Waals surface area contributed by atoms with Crippen molar-refractivity contribution in [2.75, 3.05) is 0 Å². The summed E-state index contributed by atoms with van der Waals surface area (Å²) in [5, 5.41) is 0. The van der Waals surface area contributed by atoms with Crippen molar-refractivity contribution >= 4 is 0 Å². The standard InChI is InChI=1S/C16H30N2/c1-12(13-6-3-2-4-7-13)18-15-8-5-9-16(18)11-14(17)10-15/h12-16H,2-11,17H2,1H3. The van der Waals surface area contributed by atoms with E-state index in [1.165, 1.54) is 64.2 Å². The van der Waals surface area contributed by atoms with Gasteiger partial charge in [0.1, 0.15) is 0 Å². The number of hydrogen-bond donors (Lipinski definition) is 1. The van der Waals surface area contributed by atoms with E-state index in [-0.39, 0.29) is 0 Å². The van der Waals surface area contributed by atoms with Crippen LogP contribution >= 0.6 is 0 Å². The number of piperidine rings is 2. The van der Waals surface area contributed by atoms with Gasteiger partial charge in [0, 0.05) is 24.2 Å². The molecule has 1 saturated carbocycles. The molecule has 0 aromatic heterocycles. The van der Waals surface area contributed by atoms with Crippen LogP contribution in [-0.2, 0) is 0 Å². The predicted octanol–water partition coefficient (Wildman–Crippen LogP) is 3.30. The van der Waals surface area contributed by atoms with Crippen LogP contribution < -0.4 is 5.73 Å². The zero-order valence-electron chi connectivity index (χ0n) is 12.0. The molecule has 2 heterocycles. The Morgan fingerprint density at radius 3 is 2.11 bits per heavy atom. The molecule has 3 unspecified atom stereocenters. The van der Waals surface area contributed by atoms with Crippen LogP contribution in [0.3, 0.4) is 0 Å². The molecule has 3 rings (SSSR count). The fourth-order valence-electron chi connectivity index (χ4n) is 4.98. The zero-order valence-corrected chi connectivity index (χ0v) is 12.0. The highest BCUT2D eigenvalue weighted by Gasteiger charge is 2.41. The van der Waals surface area contributed by atoms with E-state index >= 15 is 0 Å². The lowest BCUT2D eigenvalue weighted by atomic mass is 9.77. The topological polar surface area (TPSA) is 29.3 Å². The highest BCUT2D eigenvalue weighted by molar-refractivity contribution is 4.97. The van der Waals surface area contributed by atoms with Crippen LogP contribution in [0.25, 0.3) is 0 Å². The quantitative estimate of drug-likeness (QED) is 0.815. The van der Waals surface area contributed by atoms with Gasteiger partial charge in [0.2, 0.25) is 0 Å². The minimum Gasteiger partial charge on any atom is -0.328 e. The van der Waals surface area contributed by atoms with Gasteiger partial charge >= 0.3 is 0 Å². The molecule has 3 fully saturated rings. The summed E-state index contributed by atoms with van der Waals surface area (Å²) in [6.45, 7) is 2.51. The molecular formula is C16H30N2. The van der Waals surface area contributed by atoms with Gasteiger partial charge in [0.15, 0.2) is 0 Å². The van der Waals surface area contributed by atoms with Gasteiger partial charge in [0.25, 0.3) is 0 Å². The van der Waals surface area contributed by atoms with Crippen molar-refractivity contribution in [1.82, 2.24) is 4.90 Å². The second kappa shape index (κ2) is 5.50. The maximum Gasteiger partial charge on any atom is 0.0116 e. The summed E-state index contributed by atoms with van der Waals surface area (Å²) in [6.07, 6.45) is 14.1. The van der Waals surface area contributed by atoms with Gasteiger partial charge in [-0.3, -0.25) is 4.90 Å². The van der Waals surface area contributed by atoms with Gasteiger partial charge in [-0.15, -0.1) is 0 Å². The van der Waals surface area contributed by atoms with Gasteiger partial charge in [-0.1, -0.05) is 25.7 Å². The summed E-state index contributed by atoms with van der Waals surface area (Å²) in [4.78, 5) is 2.91. The lowest BCUT2D eigenvalue weighted by Gasteiger charge is -2.53. The van der Waals surface area contributed by atoms with Gasteiger partial charge in [-0.25, -0.2) is 0 Å². The predicted molar refractivity (Wildman–Crippen MR) is 76.5 cm³/mol. The normalized spacial score (nSPS) is 40.7. The largest absolute Gasteiger partial charge is 0.328 e. The third-order valence-corrected chi connectivity index (χ3v) is 5.87. The average Bonchev–Trinajstić information content (AvgIpc) is 2.38. The highest BCUT2D eigenvalue weighted by atomic mass is 15.2. The summed E-state index contributed by atoms with van der Waals surface area (Å²) in [7, 11) is 0. The highest BCUT2D eigenvalue weighted by Crippen LogP contribution is 2.39. The molecule has 2 heteroatoms. The van der Waals surface area contributed by atoms with Crippen molar-refractivity contribution in [3.63, 3.8) is 0 Å². The molecule has 0 radical (unpaired) electrons. The third-order valence-electron chi connectivity index (χ3n) is 5.87. The Bertz CT molecular complexity index is 258. The second-order valence-electron chi connectivity index (χ2n) is 7.06. The molecule has 104 valence electrons. The molecule has 0 amide bonds. The lowest BCUT2D eigenvalue weighted by Crippen LogP contribution is -2.59. The second-order valence-corrected chi connectivity index (χ2v) is 7.06. The van der Waals surface area contributed by atoms with Crippen LogP contribution in [0.2, 0.25) is 0 Å². The van der Waals surface area contributed by atoms with E-state index in [0.29, 0.717) is 6.04 Å². The molecule has 2 saturated heterocycles. The van der Waals surface area contributed by atoms with Crippen molar-refractivity contribution in [2.45, 2.75) is 95.3 Å². The monoisotopic (exact) mass is 250 g/mol. The zero-order chi connectivity index (χ0) is 12.5. The first-order chi connectivity index (χ1) is 8.75. The van der Waals surface area contributed by atoms with Crippen LogP contribution in [0, 0.1) is 5.92 Å². The first-order valence-electron chi connectivity index (χ1n) is 8.28. The first kappa shape index (κ1) is 12.9. The fourth-order valence-corrected chi connectivity index (χ4v) is 4.98. The van der Waals surface area contributed by atoms with Crippen molar-refractivity contribution in [1.29, 1.82) is 0 Å². The molecule has 2 nitrogen and oxygen atoms in total. The summed E-state index contributed by atoms with van der Waals surface area (Å²) >= 11 is 0. The Labute approximate surface area is 112 Å². The van der Waals surface area contributed by atoms with E-state index in [2.05, 4.69) is 11.8 Å². The number of hydrogen-bond acceptors (Lipinski definition) is 2. The number of nitrogens with two attached hydrogens (primary N) is 1. The molecule has 0 aromatic rings. The Balaban J connectivity index is 1.69. The summed E-state index contributed by atoms with van der Waals surface area (Å²) in [5.74, 6) is 0.969. The molecule has 2 aliphatic heterocycles. The van der Waals surface area contributed by atoms with Crippen LogP contribution in [0.1, 0.15) is 71.1 Å². The summed E-state index contributed by atoms with van der Waals surface area (Å²) in [6, 6.07) is 2.91. The van der Waals surface area contributed by atoms with Gasteiger partial charge < -0.3 is 5.73 Å². The fraction of sp³-hybridized carbons (Fsp3) is 1.00. The van der Waals surface area contributed by atoms with E-state index in [4.69, 9.17) is 5.73 Å². The Hall–Kier alpha value is -0.0800. The SMILES string of the molecule is CC(C1CCCCC1)N1C2CCCC1CC(N)C2. The molecule has 2 N–H and O–H groups in total. The number of nitrogens with zero attached hydrogens (tertiary/aromatic N) is 1. The first-order valence-corrected chi connectivity index (χ1v) is 8.28. The molecule has 0 spiro atoms. The van der Waals surface area contributed by atoms with E-state index < -0.39 is 0 Å². The molecule has 3 atom stereocenters. The number of fused-ring (bicyclic) bond motifs is 2. The van der Waals surface area contributed by atoms with Crippen LogP contribution in [-0.4, -0.2) is 29.1 Å². The van der Waals surface area contributed by atoms with E-state index in [0.717, 1.165) is 24.0 Å². The summed E-state index contributed by atoms with van der Waals surface area (Å²) in [5.41, 5.74) is 6.24. The molecule has 18 heavy (non-hydrogen) atoms. The number of rotatable bonds is 2. The van der Waals surface area contributed by atoms with E-state index in [1.807, 2.05) is 0 Å². The molecule has 2 bridgehead atoms. The molecule has 3 aliphatic rings. The van der Waals surface area contributed by atoms with Crippen LogP contribution in [0.5, 0.6) is 0 Å². The summed E-state index contributed by atoms with van der Waals surface area (Å²) < 4.78 is 0. The van der Waals surface area contributed by atoms with Gasteiger partial charge in [-0.05, 0) is 51.4 Å². The Kier molecular flexibility index (Phi) is 3.95. The van der Waals surface area contributed by atoms with Gasteiger partial charge in [-0.2, -0.15) is 0 Å². The maximum absolute atomic E-state index is 6.24. The van der Waals surface area contributed by atoms with Crippen molar-refractivity contribution in [2.24, 2.45) is 11.7 Å². The van der Waals surface area contributed by atoms with Crippen LogP contribution in [0.15, 0.2) is 0 Å². The molecular weight excluding hydrogens is 220 g/mol. The van der Waals surface area contributed by atoms with Crippen molar-refractivity contribution in [3.05, 3.63) is 0 Å². The van der Waals surface area contributed by atoms with Gasteiger partial charge in [0.05, 0.1) is 0 Å². The molecule has 1 aliphatic carbocycles. The van der Waals surface area contributed by atoms with Crippen molar-refractivity contribution in [3.8, 4) is 0 Å². The Morgan fingerprint density at radius 1 is 0.889 bits per heavy atom.